The Morgan fingerprint density at radius 2 is 2.33 bits per heavy atom. The van der Waals surface area contributed by atoms with E-state index in [0.29, 0.717) is 11.5 Å². The molecule has 0 atom stereocenters. The lowest BCUT2D eigenvalue weighted by molar-refractivity contribution is 0.0924. The number of rotatable bonds is 6. The Hall–Kier alpha value is -1.36. The molecule has 1 rings (SSSR count). The van der Waals surface area contributed by atoms with Crippen molar-refractivity contribution in [2.45, 2.75) is 33.1 Å². The van der Waals surface area contributed by atoms with Gasteiger partial charge in [-0.2, -0.15) is 0 Å². The standard InChI is InChI=1S/C10H17N3O2/c1-3-4-5-6-11-12-10(14)9-7-8(2)15-13-9/h7,11H,3-6H2,1-2H3,(H,12,14). The Labute approximate surface area is 89.2 Å². The number of hydrogen-bond acceptors (Lipinski definition) is 4. The molecule has 0 aliphatic carbocycles. The van der Waals surface area contributed by atoms with Gasteiger partial charge in [0.1, 0.15) is 5.76 Å². The van der Waals surface area contributed by atoms with Crippen molar-refractivity contribution >= 4 is 5.91 Å². The van der Waals surface area contributed by atoms with Gasteiger partial charge in [0.2, 0.25) is 0 Å². The zero-order valence-electron chi connectivity index (χ0n) is 9.17. The number of aryl methyl sites for hydroxylation is 1. The lowest BCUT2D eigenvalue weighted by Crippen LogP contribution is -2.38. The van der Waals surface area contributed by atoms with E-state index in [1.54, 1.807) is 13.0 Å². The zero-order valence-corrected chi connectivity index (χ0v) is 9.17. The van der Waals surface area contributed by atoms with Crippen LogP contribution in [0.3, 0.4) is 0 Å². The van der Waals surface area contributed by atoms with Gasteiger partial charge >= 0.3 is 0 Å². The van der Waals surface area contributed by atoms with Crippen molar-refractivity contribution in [3.8, 4) is 0 Å². The van der Waals surface area contributed by atoms with Crippen molar-refractivity contribution in [1.29, 1.82) is 0 Å². The van der Waals surface area contributed by atoms with E-state index in [9.17, 15) is 4.79 Å². The number of unbranched alkanes of at least 4 members (excludes halogenated alkanes) is 2. The van der Waals surface area contributed by atoms with E-state index in [4.69, 9.17) is 4.52 Å². The SMILES string of the molecule is CCCCCNNC(=O)c1cc(C)on1. The zero-order chi connectivity index (χ0) is 11.1. The van der Waals surface area contributed by atoms with E-state index >= 15 is 0 Å². The maximum Gasteiger partial charge on any atom is 0.287 e. The maximum absolute atomic E-state index is 11.4. The fourth-order valence-corrected chi connectivity index (χ4v) is 1.14. The summed E-state index contributed by atoms with van der Waals surface area (Å²) in [4.78, 5) is 11.4. The third kappa shape index (κ3) is 4.12. The van der Waals surface area contributed by atoms with Crippen LogP contribution in [0.4, 0.5) is 0 Å². The van der Waals surface area contributed by atoms with Crippen molar-refractivity contribution in [1.82, 2.24) is 16.0 Å². The van der Waals surface area contributed by atoms with Crippen LogP contribution >= 0.6 is 0 Å². The highest BCUT2D eigenvalue weighted by atomic mass is 16.5. The van der Waals surface area contributed by atoms with Gasteiger partial charge < -0.3 is 4.52 Å². The highest BCUT2D eigenvalue weighted by molar-refractivity contribution is 5.91. The topological polar surface area (TPSA) is 67.2 Å². The molecular weight excluding hydrogens is 194 g/mol. The predicted molar refractivity (Wildman–Crippen MR) is 56.2 cm³/mol. The first-order valence-electron chi connectivity index (χ1n) is 5.20. The molecule has 0 unspecified atom stereocenters. The number of nitrogens with zero attached hydrogens (tertiary/aromatic N) is 1. The van der Waals surface area contributed by atoms with E-state index in [1.165, 1.54) is 0 Å². The van der Waals surface area contributed by atoms with E-state index in [0.717, 1.165) is 25.8 Å². The Bertz CT molecular complexity index is 309. The molecule has 0 aliphatic heterocycles. The molecule has 0 radical (unpaired) electrons. The average molecular weight is 211 g/mol. The summed E-state index contributed by atoms with van der Waals surface area (Å²) in [5.74, 6) is 0.370. The molecule has 1 heterocycles. The molecule has 1 aromatic heterocycles. The molecule has 5 heteroatoms. The molecule has 0 bridgehead atoms. The van der Waals surface area contributed by atoms with Crippen LogP contribution in [0.15, 0.2) is 10.6 Å². The summed E-state index contributed by atoms with van der Waals surface area (Å²) in [7, 11) is 0. The Morgan fingerprint density at radius 3 is 2.93 bits per heavy atom. The maximum atomic E-state index is 11.4. The van der Waals surface area contributed by atoms with Crippen LogP contribution in [0.1, 0.15) is 42.4 Å². The minimum Gasteiger partial charge on any atom is -0.361 e. The molecule has 0 aliphatic rings. The molecule has 0 saturated heterocycles. The predicted octanol–water partition coefficient (Wildman–Crippen LogP) is 1.41. The Balaban J connectivity index is 2.19. The third-order valence-electron chi connectivity index (χ3n) is 1.97. The molecule has 0 saturated carbocycles. The average Bonchev–Trinajstić information content (AvgIpc) is 2.64. The summed E-state index contributed by atoms with van der Waals surface area (Å²) < 4.78 is 4.79. The van der Waals surface area contributed by atoms with Crippen molar-refractivity contribution < 1.29 is 9.32 Å². The number of amides is 1. The number of aromatic nitrogens is 1. The monoisotopic (exact) mass is 211 g/mol. The molecule has 0 spiro atoms. The first-order valence-corrected chi connectivity index (χ1v) is 5.20. The van der Waals surface area contributed by atoms with Gasteiger partial charge in [-0.1, -0.05) is 24.9 Å². The van der Waals surface area contributed by atoms with Gasteiger partial charge in [-0.25, -0.2) is 5.43 Å². The first-order chi connectivity index (χ1) is 7.24. The summed E-state index contributed by atoms with van der Waals surface area (Å²) in [6.07, 6.45) is 3.37. The van der Waals surface area contributed by atoms with Gasteiger partial charge in [0.25, 0.3) is 5.91 Å². The van der Waals surface area contributed by atoms with Crippen molar-refractivity contribution in [3.63, 3.8) is 0 Å². The molecule has 0 aromatic carbocycles. The summed E-state index contributed by atoms with van der Waals surface area (Å²) in [5.41, 5.74) is 5.71. The molecule has 84 valence electrons. The Morgan fingerprint density at radius 1 is 1.53 bits per heavy atom. The van der Waals surface area contributed by atoms with E-state index in [-0.39, 0.29) is 5.91 Å². The van der Waals surface area contributed by atoms with Crippen molar-refractivity contribution in [2.24, 2.45) is 0 Å². The molecular formula is C10H17N3O2. The summed E-state index contributed by atoms with van der Waals surface area (Å²) >= 11 is 0. The molecule has 5 nitrogen and oxygen atoms in total. The lowest BCUT2D eigenvalue weighted by atomic mass is 10.2. The number of nitrogens with one attached hydrogen (secondary N) is 2. The third-order valence-corrected chi connectivity index (χ3v) is 1.97. The van der Waals surface area contributed by atoms with Crippen LogP contribution in [-0.4, -0.2) is 17.6 Å². The van der Waals surface area contributed by atoms with Gasteiger partial charge in [0.15, 0.2) is 5.69 Å². The fourth-order valence-electron chi connectivity index (χ4n) is 1.14. The summed E-state index contributed by atoms with van der Waals surface area (Å²) in [6, 6.07) is 1.60. The van der Waals surface area contributed by atoms with Gasteiger partial charge in [-0.05, 0) is 13.3 Å². The molecule has 0 fully saturated rings. The first kappa shape index (κ1) is 11.7. The number of carbonyl (C=O) groups excluding carboxylic acids is 1. The smallest absolute Gasteiger partial charge is 0.287 e. The van der Waals surface area contributed by atoms with Crippen LogP contribution in [-0.2, 0) is 0 Å². The van der Waals surface area contributed by atoms with E-state index in [1.807, 2.05) is 0 Å². The quantitative estimate of drug-likeness (QED) is 0.551. The second-order valence-corrected chi connectivity index (χ2v) is 3.41. The molecule has 1 aromatic rings. The highest BCUT2D eigenvalue weighted by Crippen LogP contribution is 2.00. The van der Waals surface area contributed by atoms with Crippen molar-refractivity contribution in [2.75, 3.05) is 6.54 Å². The number of hydrogen-bond donors (Lipinski definition) is 2. The van der Waals surface area contributed by atoms with Crippen LogP contribution in [0.5, 0.6) is 0 Å². The number of carbonyl (C=O) groups is 1. The lowest BCUT2D eigenvalue weighted by Gasteiger charge is -2.03. The van der Waals surface area contributed by atoms with Crippen LogP contribution in [0, 0.1) is 6.92 Å². The van der Waals surface area contributed by atoms with Crippen LogP contribution in [0.2, 0.25) is 0 Å². The molecule has 2 N–H and O–H groups in total. The Kier molecular flexibility index (Phi) is 4.83. The van der Waals surface area contributed by atoms with Gasteiger partial charge in [-0.15, -0.1) is 0 Å². The molecule has 1 amide bonds. The normalized spacial score (nSPS) is 10.3. The summed E-state index contributed by atoms with van der Waals surface area (Å²) in [5, 5.41) is 3.60. The molecule has 15 heavy (non-hydrogen) atoms. The second-order valence-electron chi connectivity index (χ2n) is 3.41. The minimum absolute atomic E-state index is 0.261. The number of hydrazine groups is 1. The summed E-state index contributed by atoms with van der Waals surface area (Å²) in [6.45, 7) is 4.66. The minimum atomic E-state index is -0.261. The van der Waals surface area contributed by atoms with E-state index < -0.39 is 0 Å². The fraction of sp³-hybridized carbons (Fsp3) is 0.600. The largest absolute Gasteiger partial charge is 0.361 e. The van der Waals surface area contributed by atoms with Crippen LogP contribution in [0.25, 0.3) is 0 Å². The van der Waals surface area contributed by atoms with E-state index in [2.05, 4.69) is 22.9 Å². The van der Waals surface area contributed by atoms with Crippen molar-refractivity contribution in [3.05, 3.63) is 17.5 Å². The van der Waals surface area contributed by atoms with Crippen LogP contribution < -0.4 is 10.9 Å². The van der Waals surface area contributed by atoms with Gasteiger partial charge in [0.05, 0.1) is 0 Å². The second kappa shape index (κ2) is 6.19. The highest BCUT2D eigenvalue weighted by Gasteiger charge is 2.09. The van der Waals surface area contributed by atoms with Gasteiger partial charge in [0, 0.05) is 12.6 Å². The van der Waals surface area contributed by atoms with Gasteiger partial charge in [-0.3, -0.25) is 10.2 Å².